The molecule has 27 heavy (non-hydrogen) atoms. The number of ether oxygens (including phenoxy) is 1. The van der Waals surface area contributed by atoms with Crippen LogP contribution in [-0.4, -0.2) is 31.3 Å². The lowest BCUT2D eigenvalue weighted by Crippen LogP contribution is -2.36. The van der Waals surface area contributed by atoms with Gasteiger partial charge in [-0.05, 0) is 42.0 Å². The fraction of sp³-hybridized carbons (Fsp3) is 0.250. The van der Waals surface area contributed by atoms with E-state index in [2.05, 4.69) is 39.5 Å². The molecule has 3 aromatic rings. The number of nitrogen functional groups attached to an aromatic ring is 1. The second-order valence-corrected chi connectivity index (χ2v) is 7.49. The highest BCUT2D eigenvalue weighted by Crippen LogP contribution is 2.30. The number of morpholine rings is 1. The van der Waals surface area contributed by atoms with E-state index in [1.165, 1.54) is 34.7 Å². The van der Waals surface area contributed by atoms with E-state index in [1.54, 1.807) is 12.1 Å². The van der Waals surface area contributed by atoms with E-state index in [9.17, 15) is 4.39 Å². The predicted octanol–water partition coefficient (Wildman–Crippen LogP) is 4.04. The lowest BCUT2D eigenvalue weighted by Gasteiger charge is -2.28. The molecule has 2 aromatic carbocycles. The first kappa shape index (κ1) is 17.8. The Morgan fingerprint density at radius 2 is 1.78 bits per heavy atom. The molecule has 5 nitrogen and oxygen atoms in total. The lowest BCUT2D eigenvalue weighted by atomic mass is 10.1. The van der Waals surface area contributed by atoms with Crippen LogP contribution < -0.4 is 16.0 Å². The van der Waals surface area contributed by atoms with Gasteiger partial charge in [0.1, 0.15) is 11.6 Å². The Morgan fingerprint density at radius 3 is 2.48 bits per heavy atom. The second-order valence-electron chi connectivity index (χ2n) is 6.40. The maximum Gasteiger partial charge on any atom is 0.189 e. The van der Waals surface area contributed by atoms with Gasteiger partial charge in [0.2, 0.25) is 0 Å². The summed E-state index contributed by atoms with van der Waals surface area (Å²) in [4.78, 5) is 7.73. The molecule has 0 bridgehead atoms. The largest absolute Gasteiger partial charge is 0.383 e. The van der Waals surface area contributed by atoms with Crippen molar-refractivity contribution in [3.8, 4) is 0 Å². The quantitative estimate of drug-likeness (QED) is 0.695. The Balaban J connectivity index is 1.43. The zero-order valence-electron chi connectivity index (χ0n) is 14.8. The van der Waals surface area contributed by atoms with E-state index in [4.69, 9.17) is 10.5 Å². The van der Waals surface area contributed by atoms with Gasteiger partial charge in [0.25, 0.3) is 0 Å². The van der Waals surface area contributed by atoms with Gasteiger partial charge in [-0.2, -0.15) is 0 Å². The van der Waals surface area contributed by atoms with Crippen LogP contribution in [0.1, 0.15) is 10.4 Å². The normalized spacial score (nSPS) is 14.3. The SMILES string of the molecule is Nc1nc(Nc2ccc(F)cc2)sc1Cc1ccc(N2CCOCC2)cc1. The molecule has 1 aliphatic rings. The number of aromatic nitrogens is 1. The van der Waals surface area contributed by atoms with Gasteiger partial charge in [0, 0.05) is 30.9 Å². The maximum atomic E-state index is 13.0. The van der Waals surface area contributed by atoms with Crippen molar-refractivity contribution >= 4 is 33.7 Å². The number of thiazole rings is 1. The first-order chi connectivity index (χ1) is 13.2. The third kappa shape index (κ3) is 4.37. The highest BCUT2D eigenvalue weighted by Gasteiger charge is 2.12. The molecule has 7 heteroatoms. The number of nitrogens with two attached hydrogens (primary N) is 1. The van der Waals surface area contributed by atoms with Gasteiger partial charge in [-0.15, -0.1) is 0 Å². The van der Waals surface area contributed by atoms with Crippen molar-refractivity contribution in [2.45, 2.75) is 6.42 Å². The summed E-state index contributed by atoms with van der Waals surface area (Å²) in [6.07, 6.45) is 0.734. The van der Waals surface area contributed by atoms with Crippen LogP contribution in [0.15, 0.2) is 48.5 Å². The van der Waals surface area contributed by atoms with Crippen molar-refractivity contribution in [1.29, 1.82) is 0 Å². The average Bonchev–Trinajstić information content (AvgIpc) is 3.04. The Morgan fingerprint density at radius 1 is 1.07 bits per heavy atom. The fourth-order valence-corrected chi connectivity index (χ4v) is 3.97. The first-order valence-electron chi connectivity index (χ1n) is 8.87. The molecule has 2 heterocycles. The smallest absolute Gasteiger partial charge is 0.189 e. The molecule has 0 saturated carbocycles. The number of nitrogens with zero attached hydrogens (tertiary/aromatic N) is 2. The molecule has 0 atom stereocenters. The van der Waals surface area contributed by atoms with Crippen LogP contribution >= 0.6 is 11.3 Å². The van der Waals surface area contributed by atoms with E-state index < -0.39 is 0 Å². The summed E-state index contributed by atoms with van der Waals surface area (Å²) in [5, 5.41) is 3.88. The lowest BCUT2D eigenvalue weighted by molar-refractivity contribution is 0.122. The van der Waals surface area contributed by atoms with Crippen LogP contribution in [0.5, 0.6) is 0 Å². The molecule has 3 N–H and O–H groups in total. The molecule has 0 aliphatic carbocycles. The molecule has 0 amide bonds. The minimum atomic E-state index is -0.264. The van der Waals surface area contributed by atoms with Gasteiger partial charge < -0.3 is 20.7 Å². The molecule has 140 valence electrons. The van der Waals surface area contributed by atoms with Gasteiger partial charge in [-0.3, -0.25) is 0 Å². The Labute approximate surface area is 161 Å². The number of anilines is 4. The molecule has 0 spiro atoms. The average molecular weight is 384 g/mol. The van der Waals surface area contributed by atoms with Gasteiger partial charge in [0.15, 0.2) is 5.13 Å². The third-order valence-corrected chi connectivity index (χ3v) is 5.49. The van der Waals surface area contributed by atoms with Crippen molar-refractivity contribution in [1.82, 2.24) is 4.98 Å². The fourth-order valence-electron chi connectivity index (χ4n) is 3.03. The topological polar surface area (TPSA) is 63.4 Å². The molecular formula is C20H21FN4OS. The second kappa shape index (κ2) is 7.94. The van der Waals surface area contributed by atoms with Crippen LogP contribution in [0.2, 0.25) is 0 Å². The van der Waals surface area contributed by atoms with Gasteiger partial charge >= 0.3 is 0 Å². The summed E-state index contributed by atoms with van der Waals surface area (Å²) in [6.45, 7) is 3.42. The Hall–Kier alpha value is -2.64. The minimum Gasteiger partial charge on any atom is -0.383 e. The summed E-state index contributed by atoms with van der Waals surface area (Å²) in [5.41, 5.74) is 9.29. The zero-order valence-corrected chi connectivity index (χ0v) is 15.6. The molecule has 1 saturated heterocycles. The molecule has 4 rings (SSSR count). The van der Waals surface area contributed by atoms with E-state index >= 15 is 0 Å². The van der Waals surface area contributed by atoms with Crippen molar-refractivity contribution in [3.63, 3.8) is 0 Å². The highest BCUT2D eigenvalue weighted by atomic mass is 32.1. The van der Waals surface area contributed by atoms with Crippen LogP contribution in [0.3, 0.4) is 0 Å². The molecule has 1 fully saturated rings. The minimum absolute atomic E-state index is 0.264. The molecule has 0 unspecified atom stereocenters. The van der Waals surface area contributed by atoms with Crippen molar-refractivity contribution < 1.29 is 9.13 Å². The molecule has 1 aromatic heterocycles. The number of hydrogen-bond donors (Lipinski definition) is 2. The van der Waals surface area contributed by atoms with Crippen molar-refractivity contribution in [3.05, 3.63) is 64.8 Å². The Bertz CT molecular complexity index is 889. The van der Waals surface area contributed by atoms with Crippen molar-refractivity contribution in [2.75, 3.05) is 42.3 Å². The number of nitrogens with one attached hydrogen (secondary N) is 1. The summed E-state index contributed by atoms with van der Waals surface area (Å²) < 4.78 is 18.4. The molecule has 1 aliphatic heterocycles. The first-order valence-corrected chi connectivity index (χ1v) is 9.68. The van der Waals surface area contributed by atoms with Gasteiger partial charge in [-0.1, -0.05) is 23.5 Å². The number of rotatable bonds is 5. The van der Waals surface area contributed by atoms with Crippen LogP contribution in [-0.2, 0) is 11.2 Å². The number of hydrogen-bond acceptors (Lipinski definition) is 6. The third-order valence-electron chi connectivity index (χ3n) is 4.50. The highest BCUT2D eigenvalue weighted by molar-refractivity contribution is 7.16. The van der Waals surface area contributed by atoms with Gasteiger partial charge in [-0.25, -0.2) is 9.37 Å². The summed E-state index contributed by atoms with van der Waals surface area (Å²) in [7, 11) is 0. The summed E-state index contributed by atoms with van der Waals surface area (Å²) in [5.74, 6) is 0.266. The van der Waals surface area contributed by atoms with Gasteiger partial charge in [0.05, 0.1) is 18.1 Å². The van der Waals surface area contributed by atoms with Crippen LogP contribution in [0.25, 0.3) is 0 Å². The molecular weight excluding hydrogens is 363 g/mol. The summed E-state index contributed by atoms with van der Waals surface area (Å²) >= 11 is 1.52. The summed E-state index contributed by atoms with van der Waals surface area (Å²) in [6, 6.07) is 14.7. The van der Waals surface area contributed by atoms with E-state index in [0.29, 0.717) is 10.9 Å². The monoisotopic (exact) mass is 384 g/mol. The van der Waals surface area contributed by atoms with Crippen molar-refractivity contribution in [2.24, 2.45) is 0 Å². The molecule has 0 radical (unpaired) electrons. The zero-order chi connectivity index (χ0) is 18.6. The maximum absolute atomic E-state index is 13.0. The van der Waals surface area contributed by atoms with Crippen LogP contribution in [0.4, 0.5) is 26.7 Å². The standard InChI is InChI=1S/C20H21FN4OS/c21-15-3-5-16(6-4-15)23-20-24-19(22)18(27-20)13-14-1-7-17(8-2-14)25-9-11-26-12-10-25/h1-8H,9-13,22H2,(H,23,24). The van der Waals surface area contributed by atoms with Crippen LogP contribution in [0, 0.1) is 5.82 Å². The number of halogens is 1. The van der Waals surface area contributed by atoms with E-state index in [1.807, 2.05) is 0 Å². The van der Waals surface area contributed by atoms with E-state index in [-0.39, 0.29) is 5.82 Å². The number of benzene rings is 2. The Kier molecular flexibility index (Phi) is 5.22. The predicted molar refractivity (Wildman–Crippen MR) is 108 cm³/mol. The van der Waals surface area contributed by atoms with E-state index in [0.717, 1.165) is 43.3 Å².